The predicted molar refractivity (Wildman–Crippen MR) is 44.8 cm³/mol. The Hall–Kier alpha value is -1.71. The van der Waals surface area contributed by atoms with Crippen molar-refractivity contribution >= 4 is 5.90 Å². The van der Waals surface area contributed by atoms with Crippen molar-refractivity contribution < 1.29 is 4.74 Å². The van der Waals surface area contributed by atoms with Gasteiger partial charge in [-0.05, 0) is 13.0 Å². The normalized spacial score (nSPS) is 10.1. The minimum atomic E-state index is 0.0236. The monoisotopic (exact) mass is 163 g/mol. The molecule has 0 aliphatic carbocycles. The van der Waals surface area contributed by atoms with Gasteiger partial charge in [-0.3, -0.25) is 5.41 Å². The number of aromatic nitrogens is 2. The Morgan fingerprint density at radius 2 is 2.50 bits per heavy atom. The van der Waals surface area contributed by atoms with Crippen LogP contribution in [0.3, 0.4) is 0 Å². The molecule has 12 heavy (non-hydrogen) atoms. The Morgan fingerprint density at radius 3 is 3.08 bits per heavy atom. The third-order valence-corrected chi connectivity index (χ3v) is 1.14. The van der Waals surface area contributed by atoms with Gasteiger partial charge in [-0.2, -0.15) is 0 Å². The van der Waals surface area contributed by atoms with Crippen molar-refractivity contribution in [1.82, 2.24) is 9.97 Å². The van der Waals surface area contributed by atoms with Crippen LogP contribution in [0.15, 0.2) is 30.9 Å². The highest BCUT2D eigenvalue weighted by atomic mass is 16.5. The summed E-state index contributed by atoms with van der Waals surface area (Å²) in [5.41, 5.74) is 0.475. The van der Waals surface area contributed by atoms with Gasteiger partial charge in [0, 0.05) is 6.20 Å². The minimum Gasteiger partial charge on any atom is -0.446 e. The number of hydrogen-bond acceptors (Lipinski definition) is 4. The molecule has 4 heteroatoms. The summed E-state index contributed by atoms with van der Waals surface area (Å²) in [5, 5.41) is 7.37. The smallest absolute Gasteiger partial charge is 0.237 e. The van der Waals surface area contributed by atoms with E-state index in [0.29, 0.717) is 5.69 Å². The second-order valence-electron chi connectivity index (χ2n) is 2.01. The van der Waals surface area contributed by atoms with Crippen LogP contribution in [-0.4, -0.2) is 15.9 Å². The fraction of sp³-hybridized carbons (Fsp3) is 0.125. The van der Waals surface area contributed by atoms with Crippen molar-refractivity contribution in [2.45, 2.75) is 6.92 Å². The average Bonchev–Trinajstić information content (AvgIpc) is 2.15. The number of hydrogen-bond donors (Lipinski definition) is 1. The Balaban J connectivity index is 2.66. The van der Waals surface area contributed by atoms with Gasteiger partial charge < -0.3 is 4.74 Å². The summed E-state index contributed by atoms with van der Waals surface area (Å²) in [6, 6.07) is 1.62. The zero-order chi connectivity index (χ0) is 8.81. The van der Waals surface area contributed by atoms with E-state index < -0.39 is 0 Å². The van der Waals surface area contributed by atoms with E-state index in [1.54, 1.807) is 18.3 Å². The zero-order valence-corrected chi connectivity index (χ0v) is 6.69. The fourth-order valence-electron chi connectivity index (χ4n) is 0.621. The maximum Gasteiger partial charge on any atom is 0.237 e. The number of allylic oxidation sites excluding steroid dienone is 1. The van der Waals surface area contributed by atoms with Gasteiger partial charge in [0.25, 0.3) is 0 Å². The van der Waals surface area contributed by atoms with Crippen LogP contribution in [0, 0.1) is 5.41 Å². The highest BCUT2D eigenvalue weighted by Gasteiger charge is 1.99. The molecule has 62 valence electrons. The number of rotatable bonds is 2. The molecule has 0 unspecified atom stereocenters. The molecule has 1 aromatic rings. The highest BCUT2D eigenvalue weighted by Crippen LogP contribution is 1.94. The first-order valence-corrected chi connectivity index (χ1v) is 3.47. The first-order valence-electron chi connectivity index (χ1n) is 3.47. The lowest BCUT2D eigenvalue weighted by molar-refractivity contribution is 0.466. The maximum absolute atomic E-state index is 7.37. The molecule has 0 aliphatic heterocycles. The van der Waals surface area contributed by atoms with E-state index in [1.165, 1.54) is 12.6 Å². The molecule has 0 spiro atoms. The third-order valence-electron chi connectivity index (χ3n) is 1.14. The van der Waals surface area contributed by atoms with Crippen molar-refractivity contribution in [3.05, 3.63) is 36.6 Å². The Morgan fingerprint density at radius 1 is 1.67 bits per heavy atom. The largest absolute Gasteiger partial charge is 0.446 e. The van der Waals surface area contributed by atoms with E-state index in [0.717, 1.165) is 0 Å². The lowest BCUT2D eigenvalue weighted by Gasteiger charge is -1.99. The Labute approximate surface area is 70.4 Å². The summed E-state index contributed by atoms with van der Waals surface area (Å²) in [7, 11) is 0. The molecular formula is C8H9N3O. The van der Waals surface area contributed by atoms with Gasteiger partial charge >= 0.3 is 0 Å². The number of nitrogens with one attached hydrogen (secondary N) is 1. The zero-order valence-electron chi connectivity index (χ0n) is 6.69. The Bertz CT molecular complexity index is 282. The molecule has 0 fully saturated rings. The van der Waals surface area contributed by atoms with Crippen molar-refractivity contribution in [2.24, 2.45) is 0 Å². The molecule has 0 amide bonds. The van der Waals surface area contributed by atoms with Gasteiger partial charge in [0.2, 0.25) is 5.90 Å². The molecule has 1 N–H and O–H groups in total. The van der Waals surface area contributed by atoms with Crippen LogP contribution in [0.5, 0.6) is 0 Å². The van der Waals surface area contributed by atoms with E-state index in [1.807, 2.05) is 6.92 Å². The summed E-state index contributed by atoms with van der Waals surface area (Å²) in [4.78, 5) is 7.56. The van der Waals surface area contributed by atoms with E-state index in [4.69, 9.17) is 10.1 Å². The summed E-state index contributed by atoms with van der Waals surface area (Å²) in [5.74, 6) is 0.0236. The molecule has 0 saturated carbocycles. The van der Waals surface area contributed by atoms with Gasteiger partial charge in [-0.15, -0.1) is 0 Å². The summed E-state index contributed by atoms with van der Waals surface area (Å²) >= 11 is 0. The van der Waals surface area contributed by atoms with E-state index in [-0.39, 0.29) is 5.90 Å². The van der Waals surface area contributed by atoms with Gasteiger partial charge in [0.05, 0.1) is 6.26 Å². The fourth-order valence-corrected chi connectivity index (χ4v) is 0.621. The van der Waals surface area contributed by atoms with Gasteiger partial charge in [-0.1, -0.05) is 6.08 Å². The van der Waals surface area contributed by atoms with Gasteiger partial charge in [-0.25, -0.2) is 9.97 Å². The molecule has 1 aromatic heterocycles. The SMILES string of the molecule is C/C=C\OC(=N)c1ccncn1. The molecule has 1 heterocycles. The van der Waals surface area contributed by atoms with Crippen LogP contribution in [0.25, 0.3) is 0 Å². The predicted octanol–water partition coefficient (Wildman–Crippen LogP) is 1.35. The van der Waals surface area contributed by atoms with E-state index >= 15 is 0 Å². The molecule has 0 atom stereocenters. The summed E-state index contributed by atoms with van der Waals surface area (Å²) in [6.45, 7) is 1.81. The number of ether oxygens (including phenoxy) is 1. The molecule has 0 radical (unpaired) electrons. The van der Waals surface area contributed by atoms with Crippen molar-refractivity contribution in [2.75, 3.05) is 0 Å². The molecule has 0 aromatic carbocycles. The van der Waals surface area contributed by atoms with Crippen LogP contribution in [0.2, 0.25) is 0 Å². The Kier molecular flexibility index (Phi) is 2.95. The molecule has 0 aliphatic rings. The van der Waals surface area contributed by atoms with E-state index in [9.17, 15) is 0 Å². The first kappa shape index (κ1) is 8.39. The molecule has 0 saturated heterocycles. The van der Waals surface area contributed by atoms with Crippen LogP contribution < -0.4 is 0 Å². The third kappa shape index (κ3) is 2.16. The lowest BCUT2D eigenvalue weighted by Crippen LogP contribution is -2.03. The van der Waals surface area contributed by atoms with Crippen LogP contribution in [-0.2, 0) is 4.74 Å². The maximum atomic E-state index is 7.37. The van der Waals surface area contributed by atoms with Gasteiger partial charge in [0.15, 0.2) is 0 Å². The molecule has 0 bridgehead atoms. The summed E-state index contributed by atoms with van der Waals surface area (Å²) in [6.07, 6.45) is 6.08. The standard InChI is InChI=1S/C8H9N3O/c1-2-5-12-8(9)7-3-4-10-6-11-7/h2-6,9H,1H3/b5-2-,9-8?. The van der Waals surface area contributed by atoms with Crippen molar-refractivity contribution in [3.63, 3.8) is 0 Å². The number of nitrogens with zero attached hydrogens (tertiary/aromatic N) is 2. The highest BCUT2D eigenvalue weighted by molar-refractivity contribution is 5.89. The second-order valence-corrected chi connectivity index (χ2v) is 2.01. The van der Waals surface area contributed by atoms with Crippen LogP contribution >= 0.6 is 0 Å². The van der Waals surface area contributed by atoms with Crippen LogP contribution in [0.4, 0.5) is 0 Å². The van der Waals surface area contributed by atoms with Crippen LogP contribution in [0.1, 0.15) is 12.6 Å². The van der Waals surface area contributed by atoms with E-state index in [2.05, 4.69) is 9.97 Å². The van der Waals surface area contributed by atoms with Crippen molar-refractivity contribution in [3.8, 4) is 0 Å². The molecule has 4 nitrogen and oxygen atoms in total. The molecular weight excluding hydrogens is 154 g/mol. The minimum absolute atomic E-state index is 0.0236. The average molecular weight is 163 g/mol. The van der Waals surface area contributed by atoms with Crippen molar-refractivity contribution in [1.29, 1.82) is 5.41 Å². The first-order chi connectivity index (χ1) is 5.84. The topological polar surface area (TPSA) is 58.9 Å². The second kappa shape index (κ2) is 4.23. The quantitative estimate of drug-likeness (QED) is 0.406. The molecule has 1 rings (SSSR count). The van der Waals surface area contributed by atoms with Gasteiger partial charge in [0.1, 0.15) is 12.0 Å². The summed E-state index contributed by atoms with van der Waals surface area (Å²) < 4.78 is 4.89. The lowest BCUT2D eigenvalue weighted by atomic mass is 10.4.